The van der Waals surface area contributed by atoms with Gasteiger partial charge in [-0.3, -0.25) is 4.79 Å². The van der Waals surface area contributed by atoms with Crippen molar-refractivity contribution in [2.45, 2.75) is 25.9 Å². The Balaban J connectivity index is 1.75. The third-order valence-electron chi connectivity index (χ3n) is 4.20. The minimum absolute atomic E-state index is 0.00189. The van der Waals surface area contributed by atoms with Gasteiger partial charge in [-0.2, -0.15) is 5.26 Å². The van der Waals surface area contributed by atoms with Crippen LogP contribution in [0, 0.1) is 11.3 Å². The zero-order valence-corrected chi connectivity index (χ0v) is 14.5. The number of ether oxygens (including phenoxy) is 1. The van der Waals surface area contributed by atoms with Gasteiger partial charge in [-0.05, 0) is 35.9 Å². The van der Waals surface area contributed by atoms with Crippen LogP contribution in [0.15, 0.2) is 30.5 Å². The summed E-state index contributed by atoms with van der Waals surface area (Å²) >= 11 is 5.82. The maximum absolute atomic E-state index is 11.4. The number of nitriles is 1. The van der Waals surface area contributed by atoms with E-state index >= 15 is 0 Å². The van der Waals surface area contributed by atoms with Crippen LogP contribution in [0.5, 0.6) is 5.75 Å². The number of hydrogen-bond acceptors (Lipinski definition) is 5. The fourth-order valence-electron chi connectivity index (χ4n) is 2.84. The highest BCUT2D eigenvalue weighted by Crippen LogP contribution is 2.28. The molecule has 0 bridgehead atoms. The van der Waals surface area contributed by atoms with E-state index in [0.717, 1.165) is 18.4 Å². The van der Waals surface area contributed by atoms with Crippen molar-refractivity contribution in [3.8, 4) is 23.1 Å². The highest BCUT2D eigenvalue weighted by molar-refractivity contribution is 6.28. The Labute approximate surface area is 151 Å². The van der Waals surface area contributed by atoms with Crippen molar-refractivity contribution in [1.29, 1.82) is 5.26 Å². The normalized spacial score (nSPS) is 14.8. The van der Waals surface area contributed by atoms with Crippen molar-refractivity contribution in [2.24, 2.45) is 0 Å². The number of amides is 1. The molecular formula is C18H17ClN4O2. The van der Waals surface area contributed by atoms with Crippen LogP contribution in [0.25, 0.3) is 11.3 Å². The summed E-state index contributed by atoms with van der Waals surface area (Å²) < 4.78 is 6.00. The molecule has 1 saturated heterocycles. The monoisotopic (exact) mass is 356 g/mol. The maximum Gasteiger partial charge on any atom is 0.222 e. The first-order valence-electron chi connectivity index (χ1n) is 8.02. The summed E-state index contributed by atoms with van der Waals surface area (Å²) in [5.74, 6) is 0.636. The van der Waals surface area contributed by atoms with E-state index in [1.165, 1.54) is 0 Å². The van der Waals surface area contributed by atoms with Crippen molar-refractivity contribution in [3.63, 3.8) is 0 Å². The first-order valence-corrected chi connectivity index (χ1v) is 8.40. The number of hydrogen-bond donors (Lipinski definition) is 0. The van der Waals surface area contributed by atoms with E-state index in [1.54, 1.807) is 31.3 Å². The Morgan fingerprint density at radius 2 is 2.12 bits per heavy atom. The molecule has 3 rings (SSSR count). The summed E-state index contributed by atoms with van der Waals surface area (Å²) in [4.78, 5) is 21.2. The standard InChI is InChI=1S/C18H17ClN4O2/c1-12(24)23-8-5-15(6-9-23)25-17-3-2-13(10-14(17)11-20)16-4-7-21-18(19)22-16/h2-4,7,10,15H,5-6,8-9H2,1H3. The highest BCUT2D eigenvalue weighted by atomic mass is 35.5. The molecule has 1 aliphatic heterocycles. The van der Waals surface area contributed by atoms with Crippen molar-refractivity contribution in [1.82, 2.24) is 14.9 Å². The van der Waals surface area contributed by atoms with Crippen LogP contribution in [-0.2, 0) is 4.79 Å². The lowest BCUT2D eigenvalue weighted by atomic mass is 10.1. The lowest BCUT2D eigenvalue weighted by Gasteiger charge is -2.31. The molecule has 0 N–H and O–H groups in total. The highest BCUT2D eigenvalue weighted by Gasteiger charge is 2.22. The van der Waals surface area contributed by atoms with E-state index in [2.05, 4.69) is 16.0 Å². The number of benzene rings is 1. The van der Waals surface area contributed by atoms with E-state index < -0.39 is 0 Å². The third kappa shape index (κ3) is 4.06. The second-order valence-corrected chi connectivity index (χ2v) is 6.19. The molecule has 0 saturated carbocycles. The van der Waals surface area contributed by atoms with Crippen molar-refractivity contribution < 1.29 is 9.53 Å². The molecule has 0 aliphatic carbocycles. The molecule has 0 unspecified atom stereocenters. The largest absolute Gasteiger partial charge is 0.489 e. The number of carbonyl (C=O) groups is 1. The Kier molecular flexibility index (Phi) is 5.15. The minimum Gasteiger partial charge on any atom is -0.489 e. The van der Waals surface area contributed by atoms with Crippen LogP contribution < -0.4 is 4.74 Å². The number of nitrogens with zero attached hydrogens (tertiary/aromatic N) is 4. The number of likely N-dealkylation sites (tertiary alicyclic amines) is 1. The number of rotatable bonds is 3. The SMILES string of the molecule is CC(=O)N1CCC(Oc2ccc(-c3ccnc(Cl)n3)cc2C#N)CC1. The molecule has 0 spiro atoms. The summed E-state index contributed by atoms with van der Waals surface area (Å²) in [6, 6.07) is 9.27. The number of aromatic nitrogens is 2. The van der Waals surface area contributed by atoms with Crippen molar-refractivity contribution in [2.75, 3.05) is 13.1 Å². The van der Waals surface area contributed by atoms with Gasteiger partial charge in [0.2, 0.25) is 11.2 Å². The maximum atomic E-state index is 11.4. The fraction of sp³-hybridized carbons (Fsp3) is 0.333. The zero-order valence-electron chi connectivity index (χ0n) is 13.8. The van der Waals surface area contributed by atoms with Crippen LogP contribution in [-0.4, -0.2) is 40.0 Å². The van der Waals surface area contributed by atoms with Crippen LogP contribution in [0.1, 0.15) is 25.3 Å². The van der Waals surface area contributed by atoms with Crippen LogP contribution in [0.4, 0.5) is 0 Å². The predicted octanol–water partition coefficient (Wildman–Crippen LogP) is 3.06. The van der Waals surface area contributed by atoms with Gasteiger partial charge < -0.3 is 9.64 Å². The van der Waals surface area contributed by atoms with Crippen LogP contribution >= 0.6 is 11.6 Å². The molecular weight excluding hydrogens is 340 g/mol. The van der Waals surface area contributed by atoms with Gasteiger partial charge in [-0.15, -0.1) is 0 Å². The van der Waals surface area contributed by atoms with Crippen molar-refractivity contribution in [3.05, 3.63) is 41.3 Å². The van der Waals surface area contributed by atoms with Gasteiger partial charge >= 0.3 is 0 Å². The van der Waals surface area contributed by atoms with Gasteiger partial charge in [0, 0.05) is 44.6 Å². The second-order valence-electron chi connectivity index (χ2n) is 5.86. The van der Waals surface area contributed by atoms with Gasteiger partial charge in [0.25, 0.3) is 0 Å². The Hall–Kier alpha value is -2.65. The molecule has 7 heteroatoms. The molecule has 1 aromatic heterocycles. The summed E-state index contributed by atoms with van der Waals surface area (Å²) in [6.45, 7) is 2.94. The molecule has 1 amide bonds. The minimum atomic E-state index is 0.00189. The van der Waals surface area contributed by atoms with E-state index in [4.69, 9.17) is 16.3 Å². The summed E-state index contributed by atoms with van der Waals surface area (Å²) in [7, 11) is 0. The molecule has 2 aromatic rings. The summed E-state index contributed by atoms with van der Waals surface area (Å²) in [5, 5.41) is 9.61. The summed E-state index contributed by atoms with van der Waals surface area (Å²) in [6.07, 6.45) is 3.09. The zero-order chi connectivity index (χ0) is 17.8. The number of carbonyl (C=O) groups excluding carboxylic acids is 1. The van der Waals surface area contributed by atoms with E-state index in [9.17, 15) is 10.1 Å². The average Bonchev–Trinajstić information content (AvgIpc) is 2.62. The Morgan fingerprint density at radius 3 is 2.76 bits per heavy atom. The molecule has 128 valence electrons. The molecule has 6 nitrogen and oxygen atoms in total. The lowest BCUT2D eigenvalue weighted by molar-refractivity contribution is -0.130. The molecule has 25 heavy (non-hydrogen) atoms. The molecule has 2 heterocycles. The Bertz CT molecular complexity index is 826. The summed E-state index contributed by atoms with van der Waals surface area (Å²) in [5.41, 5.74) is 1.87. The lowest BCUT2D eigenvalue weighted by Crippen LogP contribution is -2.40. The number of halogens is 1. The van der Waals surface area contributed by atoms with Gasteiger partial charge in [0.1, 0.15) is 17.9 Å². The van der Waals surface area contributed by atoms with Crippen molar-refractivity contribution >= 4 is 17.5 Å². The molecule has 1 aliphatic rings. The van der Waals surface area contributed by atoms with Gasteiger partial charge in [-0.1, -0.05) is 0 Å². The smallest absolute Gasteiger partial charge is 0.222 e. The predicted molar refractivity (Wildman–Crippen MR) is 93.1 cm³/mol. The molecule has 0 atom stereocenters. The second kappa shape index (κ2) is 7.49. The van der Waals surface area contributed by atoms with Gasteiger partial charge in [0.15, 0.2) is 0 Å². The Morgan fingerprint density at radius 1 is 1.36 bits per heavy atom. The van der Waals surface area contributed by atoms with E-state index in [0.29, 0.717) is 30.1 Å². The third-order valence-corrected chi connectivity index (χ3v) is 4.39. The van der Waals surface area contributed by atoms with Crippen LogP contribution in [0.2, 0.25) is 5.28 Å². The molecule has 0 radical (unpaired) electrons. The average molecular weight is 357 g/mol. The first-order chi connectivity index (χ1) is 12.1. The molecule has 1 fully saturated rings. The molecule has 1 aromatic carbocycles. The quantitative estimate of drug-likeness (QED) is 0.790. The first kappa shape index (κ1) is 17.2. The van der Waals surface area contributed by atoms with Gasteiger partial charge in [-0.25, -0.2) is 9.97 Å². The van der Waals surface area contributed by atoms with Crippen LogP contribution in [0.3, 0.4) is 0 Å². The van der Waals surface area contributed by atoms with Gasteiger partial charge in [0.05, 0.1) is 11.3 Å². The fourth-order valence-corrected chi connectivity index (χ4v) is 2.99. The topological polar surface area (TPSA) is 79.1 Å². The van der Waals surface area contributed by atoms with E-state index in [1.807, 2.05) is 11.0 Å². The number of piperidine rings is 1. The van der Waals surface area contributed by atoms with E-state index in [-0.39, 0.29) is 17.3 Å².